The summed E-state index contributed by atoms with van der Waals surface area (Å²) in [7, 11) is -9.38. The fourth-order valence-corrected chi connectivity index (χ4v) is 1.59. The second kappa shape index (κ2) is 12.1. The summed E-state index contributed by atoms with van der Waals surface area (Å²) in [6, 6.07) is 0. The third kappa shape index (κ3) is 30.5. The first-order valence-electron chi connectivity index (χ1n) is 7.14. The number of nitrogens with one attached hydrogen (secondary N) is 2. The van der Waals surface area contributed by atoms with Crippen LogP contribution < -0.4 is 9.44 Å². The summed E-state index contributed by atoms with van der Waals surface area (Å²) in [6.45, 7) is 11.0. The molecular formula is C14H24CaN2O8S2. The maximum Gasteiger partial charge on any atom is 2.00 e. The molecule has 0 heterocycles. The smallest absolute Gasteiger partial charge is 0.731 e. The first-order chi connectivity index (χ1) is 11.2. The van der Waals surface area contributed by atoms with Gasteiger partial charge in [0.2, 0.25) is 0 Å². The SMILES string of the molecule is CC(C)(C)C=CC(=O)NS(=O)(=O)[O-].CC(C)(C)C=CC(=O)NS(=O)(=O)[O-].[Ca+2]. The molecule has 0 aromatic heterocycles. The van der Waals surface area contributed by atoms with Gasteiger partial charge in [-0.05, 0) is 10.8 Å². The van der Waals surface area contributed by atoms with Crippen LogP contribution in [-0.4, -0.2) is 75.5 Å². The van der Waals surface area contributed by atoms with Crippen molar-refractivity contribution in [2.45, 2.75) is 41.5 Å². The molecular weight excluding hydrogens is 428 g/mol. The minimum absolute atomic E-state index is 0. The van der Waals surface area contributed by atoms with Gasteiger partial charge in [0.25, 0.3) is 11.8 Å². The normalized spacial score (nSPS) is 12.7. The summed E-state index contributed by atoms with van der Waals surface area (Å²) in [4.78, 5) is 21.5. The Balaban J connectivity index is -0.000000411. The molecule has 0 atom stereocenters. The fraction of sp³-hybridized carbons (Fsp3) is 0.571. The third-order valence-corrected chi connectivity index (χ3v) is 2.82. The fourth-order valence-electron chi connectivity index (χ4n) is 0.966. The van der Waals surface area contributed by atoms with E-state index in [0.717, 1.165) is 12.2 Å². The summed E-state index contributed by atoms with van der Waals surface area (Å²) >= 11 is 0. The van der Waals surface area contributed by atoms with Crippen molar-refractivity contribution >= 4 is 70.2 Å². The Labute approximate surface area is 190 Å². The number of amides is 2. The van der Waals surface area contributed by atoms with Crippen LogP contribution in [0.25, 0.3) is 0 Å². The van der Waals surface area contributed by atoms with E-state index < -0.39 is 32.4 Å². The van der Waals surface area contributed by atoms with Crippen molar-refractivity contribution in [3.8, 4) is 0 Å². The van der Waals surface area contributed by atoms with Crippen molar-refractivity contribution in [1.82, 2.24) is 9.44 Å². The molecule has 0 aliphatic rings. The van der Waals surface area contributed by atoms with Crippen molar-refractivity contribution in [2.75, 3.05) is 0 Å². The van der Waals surface area contributed by atoms with Crippen molar-refractivity contribution in [3.05, 3.63) is 24.3 Å². The molecule has 0 aliphatic heterocycles. The van der Waals surface area contributed by atoms with E-state index in [0.29, 0.717) is 0 Å². The van der Waals surface area contributed by atoms with Crippen LogP contribution in [0.15, 0.2) is 24.3 Å². The van der Waals surface area contributed by atoms with Crippen molar-refractivity contribution in [3.63, 3.8) is 0 Å². The molecule has 10 nitrogen and oxygen atoms in total. The average molecular weight is 453 g/mol. The molecule has 0 aromatic carbocycles. The van der Waals surface area contributed by atoms with E-state index in [1.165, 1.54) is 21.6 Å². The summed E-state index contributed by atoms with van der Waals surface area (Å²) < 4.78 is 62.8. The Morgan fingerprint density at radius 1 is 0.704 bits per heavy atom. The Bertz CT molecular complexity index is 692. The molecule has 27 heavy (non-hydrogen) atoms. The number of carbonyl (C=O) groups excluding carboxylic acids is 2. The summed E-state index contributed by atoms with van der Waals surface area (Å²) in [5, 5.41) is 0. The summed E-state index contributed by atoms with van der Waals surface area (Å²) in [6.07, 6.45) is 5.06. The quantitative estimate of drug-likeness (QED) is 0.339. The Hall–Kier alpha value is -0.500. The van der Waals surface area contributed by atoms with E-state index in [1.807, 2.05) is 41.5 Å². The van der Waals surface area contributed by atoms with Crippen molar-refractivity contribution < 1.29 is 35.5 Å². The number of allylic oxidation sites excluding steroid dienone is 2. The molecule has 0 rings (SSSR count). The zero-order valence-corrected chi connectivity index (χ0v) is 19.9. The molecule has 0 unspecified atom stereocenters. The van der Waals surface area contributed by atoms with E-state index >= 15 is 0 Å². The van der Waals surface area contributed by atoms with Gasteiger partial charge in [-0.25, -0.2) is 16.8 Å². The number of rotatable bonds is 4. The second-order valence-electron chi connectivity index (χ2n) is 7.24. The zero-order chi connectivity index (χ0) is 21.4. The topological polar surface area (TPSA) is 173 Å². The van der Waals surface area contributed by atoms with E-state index in [2.05, 4.69) is 0 Å². The van der Waals surface area contributed by atoms with Crippen molar-refractivity contribution in [2.24, 2.45) is 10.8 Å². The molecule has 0 spiro atoms. The Morgan fingerprint density at radius 3 is 1.07 bits per heavy atom. The molecule has 13 heteroatoms. The Morgan fingerprint density at radius 2 is 0.926 bits per heavy atom. The van der Waals surface area contributed by atoms with Gasteiger partial charge in [0.15, 0.2) is 20.6 Å². The molecule has 0 fully saturated rings. The maximum absolute atomic E-state index is 10.7. The first-order valence-corrected chi connectivity index (χ1v) is 9.95. The zero-order valence-electron chi connectivity index (χ0n) is 16.1. The largest absolute Gasteiger partial charge is 2.00 e. The van der Waals surface area contributed by atoms with E-state index in [9.17, 15) is 35.5 Å². The van der Waals surface area contributed by atoms with Crippen LogP contribution in [0.4, 0.5) is 0 Å². The molecule has 0 saturated carbocycles. The van der Waals surface area contributed by atoms with Gasteiger partial charge in [-0.15, -0.1) is 0 Å². The first kappa shape index (κ1) is 31.2. The number of hydrogen-bond acceptors (Lipinski definition) is 8. The summed E-state index contributed by atoms with van der Waals surface area (Å²) in [5.41, 5.74) is -0.464. The third-order valence-electron chi connectivity index (χ3n) is 1.92. The minimum atomic E-state index is -4.69. The van der Waals surface area contributed by atoms with Gasteiger partial charge in [0.05, 0.1) is 0 Å². The predicted molar refractivity (Wildman–Crippen MR) is 98.6 cm³/mol. The molecule has 0 bridgehead atoms. The standard InChI is InChI=1S/2C7H13NO4S.Ca/c2*1-7(2,3)5-4-6(9)8-13(10,11)12;/h2*4-5H,1-3H3,(H,8,9)(H,10,11,12);/q;;+2/p-2. The van der Waals surface area contributed by atoms with Crippen molar-refractivity contribution in [1.29, 1.82) is 0 Å². The van der Waals surface area contributed by atoms with E-state index in [-0.39, 0.29) is 48.6 Å². The summed E-state index contributed by atoms with van der Waals surface area (Å²) in [5.74, 6) is -1.85. The maximum atomic E-state index is 10.7. The Kier molecular flexibility index (Phi) is 14.0. The number of hydrogen-bond donors (Lipinski definition) is 2. The molecule has 152 valence electrons. The van der Waals surface area contributed by atoms with E-state index in [1.54, 1.807) is 0 Å². The van der Waals surface area contributed by atoms with Crippen LogP contribution in [0.2, 0.25) is 0 Å². The monoisotopic (exact) mass is 452 g/mol. The van der Waals surface area contributed by atoms with Crippen LogP contribution in [0, 0.1) is 10.8 Å². The molecule has 2 N–H and O–H groups in total. The van der Waals surface area contributed by atoms with Gasteiger partial charge in [0.1, 0.15) is 0 Å². The van der Waals surface area contributed by atoms with E-state index in [4.69, 9.17) is 0 Å². The van der Waals surface area contributed by atoms with Crippen LogP contribution >= 0.6 is 0 Å². The van der Waals surface area contributed by atoms with Crippen LogP contribution in [0.1, 0.15) is 41.5 Å². The molecule has 0 saturated heterocycles. The predicted octanol–water partition coefficient (Wildman–Crippen LogP) is -0.0506. The van der Waals surface area contributed by atoms with Crippen LogP contribution in [0.3, 0.4) is 0 Å². The van der Waals surface area contributed by atoms with Gasteiger partial charge >= 0.3 is 37.7 Å². The van der Waals surface area contributed by atoms with Crippen LogP contribution in [-0.2, 0) is 30.2 Å². The van der Waals surface area contributed by atoms with Gasteiger partial charge in [-0.3, -0.25) is 19.0 Å². The average Bonchev–Trinajstić information content (AvgIpc) is 2.29. The second-order valence-corrected chi connectivity index (χ2v) is 9.46. The van der Waals surface area contributed by atoms with Gasteiger partial charge < -0.3 is 9.11 Å². The molecule has 0 aliphatic carbocycles. The number of carbonyl (C=O) groups is 2. The molecule has 2 amide bonds. The van der Waals surface area contributed by atoms with Gasteiger partial charge in [0, 0.05) is 12.2 Å². The van der Waals surface area contributed by atoms with Crippen LogP contribution in [0.5, 0.6) is 0 Å². The minimum Gasteiger partial charge on any atom is -0.731 e. The molecule has 0 aromatic rings. The van der Waals surface area contributed by atoms with Gasteiger partial charge in [-0.2, -0.15) is 0 Å². The molecule has 0 radical (unpaired) electrons. The van der Waals surface area contributed by atoms with Gasteiger partial charge in [-0.1, -0.05) is 53.7 Å².